The zero-order valence-electron chi connectivity index (χ0n) is 10.7. The summed E-state index contributed by atoms with van der Waals surface area (Å²) in [4.78, 5) is 2.43. The smallest absolute Gasteiger partial charge is 0.124 e. The Morgan fingerprint density at radius 2 is 2.11 bits per heavy atom. The summed E-state index contributed by atoms with van der Waals surface area (Å²) in [6.07, 6.45) is 2.81. The van der Waals surface area contributed by atoms with Crippen molar-refractivity contribution in [1.29, 1.82) is 0 Å². The van der Waals surface area contributed by atoms with E-state index in [0.29, 0.717) is 0 Å². The van der Waals surface area contributed by atoms with Gasteiger partial charge < -0.3 is 5.32 Å². The van der Waals surface area contributed by atoms with Crippen LogP contribution in [0.1, 0.15) is 18.0 Å². The van der Waals surface area contributed by atoms with Crippen LogP contribution in [-0.2, 0) is 0 Å². The predicted molar refractivity (Wildman–Crippen MR) is 83.3 cm³/mol. The lowest BCUT2D eigenvalue weighted by Crippen LogP contribution is -2.45. The maximum atomic E-state index is 13.2. The maximum Gasteiger partial charge on any atom is 0.124 e. The Morgan fingerprint density at radius 3 is 2.68 bits per heavy atom. The van der Waals surface area contributed by atoms with E-state index in [4.69, 9.17) is 0 Å². The Labute approximate surface area is 128 Å². The van der Waals surface area contributed by atoms with Crippen LogP contribution in [0.4, 0.5) is 4.39 Å². The van der Waals surface area contributed by atoms with Gasteiger partial charge >= 0.3 is 0 Å². The van der Waals surface area contributed by atoms with Gasteiger partial charge in [-0.15, -0.1) is 19.0 Å². The average molecular weight is 350 g/mol. The molecule has 1 saturated heterocycles. The standard InChI is InChI=1S/C14H18BrFN2.ClH/c1-2-3-14(18-8-6-17-7-9-18)12-5-4-11(16)10-13(12)15;/h2,4-5,10,14,17H,1,3,6-9H2;1H/t14-;/m0./s1. The van der Waals surface area contributed by atoms with E-state index in [0.717, 1.165) is 42.6 Å². The highest BCUT2D eigenvalue weighted by molar-refractivity contribution is 9.10. The fourth-order valence-corrected chi connectivity index (χ4v) is 3.01. The molecule has 2 rings (SSSR count). The molecule has 0 aliphatic carbocycles. The zero-order valence-corrected chi connectivity index (χ0v) is 13.1. The minimum Gasteiger partial charge on any atom is -0.314 e. The van der Waals surface area contributed by atoms with E-state index in [2.05, 4.69) is 32.7 Å². The SMILES string of the molecule is C=CC[C@@H](c1ccc(F)cc1Br)N1CCNCC1.Cl. The number of hydrogen-bond donors (Lipinski definition) is 1. The largest absolute Gasteiger partial charge is 0.314 e. The molecule has 0 saturated carbocycles. The summed E-state index contributed by atoms with van der Waals surface area (Å²) in [7, 11) is 0. The summed E-state index contributed by atoms with van der Waals surface area (Å²) in [5.41, 5.74) is 1.14. The molecule has 1 aliphatic rings. The van der Waals surface area contributed by atoms with E-state index < -0.39 is 0 Å². The van der Waals surface area contributed by atoms with E-state index >= 15 is 0 Å². The lowest BCUT2D eigenvalue weighted by Gasteiger charge is -2.35. The first kappa shape index (κ1) is 16.6. The fraction of sp³-hybridized carbons (Fsp3) is 0.429. The van der Waals surface area contributed by atoms with Gasteiger partial charge in [-0.2, -0.15) is 0 Å². The summed E-state index contributed by atoms with van der Waals surface area (Å²) in [6, 6.07) is 5.21. The van der Waals surface area contributed by atoms with Crippen molar-refractivity contribution < 1.29 is 4.39 Å². The Morgan fingerprint density at radius 1 is 1.42 bits per heavy atom. The molecule has 0 radical (unpaired) electrons. The molecule has 0 unspecified atom stereocenters. The lowest BCUT2D eigenvalue weighted by molar-refractivity contribution is 0.174. The number of benzene rings is 1. The van der Waals surface area contributed by atoms with E-state index in [1.807, 2.05) is 12.1 Å². The third-order valence-electron chi connectivity index (χ3n) is 3.30. The summed E-state index contributed by atoms with van der Waals surface area (Å²) < 4.78 is 14.0. The van der Waals surface area contributed by atoms with Gasteiger partial charge in [-0.3, -0.25) is 4.90 Å². The highest BCUT2D eigenvalue weighted by Crippen LogP contribution is 2.31. The van der Waals surface area contributed by atoms with Crippen LogP contribution in [-0.4, -0.2) is 31.1 Å². The second-order valence-electron chi connectivity index (χ2n) is 4.49. The van der Waals surface area contributed by atoms with Crippen LogP contribution >= 0.6 is 28.3 Å². The van der Waals surface area contributed by atoms with Crippen LogP contribution in [0.3, 0.4) is 0 Å². The number of nitrogens with zero attached hydrogens (tertiary/aromatic N) is 1. The molecule has 19 heavy (non-hydrogen) atoms. The van der Waals surface area contributed by atoms with Crippen LogP contribution in [0.2, 0.25) is 0 Å². The summed E-state index contributed by atoms with van der Waals surface area (Å²) in [5.74, 6) is -0.205. The minimum absolute atomic E-state index is 0. The normalized spacial score (nSPS) is 17.6. The van der Waals surface area contributed by atoms with E-state index in [1.54, 1.807) is 0 Å². The van der Waals surface area contributed by atoms with E-state index in [1.165, 1.54) is 12.1 Å². The molecular formula is C14H19BrClFN2. The molecule has 1 aromatic carbocycles. The Balaban J connectivity index is 0.00000180. The van der Waals surface area contributed by atoms with Gasteiger partial charge in [-0.1, -0.05) is 28.1 Å². The van der Waals surface area contributed by atoms with Gasteiger partial charge in [-0.25, -0.2) is 4.39 Å². The van der Waals surface area contributed by atoms with Gasteiger partial charge in [0.05, 0.1) is 0 Å². The monoisotopic (exact) mass is 348 g/mol. The van der Waals surface area contributed by atoms with Crippen LogP contribution in [0, 0.1) is 5.82 Å². The van der Waals surface area contributed by atoms with Gasteiger partial charge in [0.2, 0.25) is 0 Å². The third kappa shape index (κ3) is 4.28. The van der Waals surface area contributed by atoms with Crippen LogP contribution < -0.4 is 5.32 Å². The number of nitrogens with one attached hydrogen (secondary N) is 1. The zero-order chi connectivity index (χ0) is 13.0. The molecule has 5 heteroatoms. The number of halogens is 3. The van der Waals surface area contributed by atoms with Crippen molar-refractivity contribution in [2.24, 2.45) is 0 Å². The molecule has 1 aromatic rings. The molecule has 1 N–H and O–H groups in total. The van der Waals surface area contributed by atoms with E-state index in [9.17, 15) is 4.39 Å². The van der Waals surface area contributed by atoms with Gasteiger partial charge in [0.25, 0.3) is 0 Å². The molecule has 0 amide bonds. The first-order valence-electron chi connectivity index (χ1n) is 6.23. The Bertz CT molecular complexity index is 422. The van der Waals surface area contributed by atoms with Crippen LogP contribution in [0.25, 0.3) is 0 Å². The highest BCUT2D eigenvalue weighted by Gasteiger charge is 2.22. The number of piperazine rings is 1. The first-order chi connectivity index (χ1) is 8.72. The quantitative estimate of drug-likeness (QED) is 0.837. The lowest BCUT2D eigenvalue weighted by atomic mass is 10.0. The Hall–Kier alpha value is -0.420. The topological polar surface area (TPSA) is 15.3 Å². The Kier molecular flexibility index (Phi) is 7.00. The molecule has 1 aliphatic heterocycles. The van der Waals surface area contributed by atoms with Crippen molar-refractivity contribution in [1.82, 2.24) is 10.2 Å². The minimum atomic E-state index is -0.205. The van der Waals surface area contributed by atoms with Crippen molar-refractivity contribution in [3.63, 3.8) is 0 Å². The number of rotatable bonds is 4. The van der Waals surface area contributed by atoms with Crippen molar-refractivity contribution in [3.8, 4) is 0 Å². The van der Waals surface area contributed by atoms with Gasteiger partial charge in [0, 0.05) is 36.7 Å². The maximum absolute atomic E-state index is 13.2. The first-order valence-corrected chi connectivity index (χ1v) is 7.02. The summed E-state index contributed by atoms with van der Waals surface area (Å²) in [6.45, 7) is 7.88. The molecule has 2 nitrogen and oxygen atoms in total. The van der Waals surface area contributed by atoms with Crippen molar-refractivity contribution in [2.75, 3.05) is 26.2 Å². The summed E-state index contributed by atoms with van der Waals surface area (Å²) >= 11 is 3.47. The van der Waals surface area contributed by atoms with Crippen LogP contribution in [0.15, 0.2) is 35.3 Å². The second-order valence-corrected chi connectivity index (χ2v) is 5.35. The number of hydrogen-bond acceptors (Lipinski definition) is 2. The van der Waals surface area contributed by atoms with E-state index in [-0.39, 0.29) is 24.3 Å². The molecule has 106 valence electrons. The molecule has 0 aromatic heterocycles. The molecule has 1 fully saturated rings. The highest BCUT2D eigenvalue weighted by atomic mass is 79.9. The molecule has 0 bridgehead atoms. The van der Waals surface area contributed by atoms with Crippen molar-refractivity contribution in [3.05, 3.63) is 46.7 Å². The predicted octanol–water partition coefficient (Wildman–Crippen LogP) is 3.53. The van der Waals surface area contributed by atoms with Gasteiger partial charge in [-0.05, 0) is 24.1 Å². The van der Waals surface area contributed by atoms with Crippen molar-refractivity contribution >= 4 is 28.3 Å². The van der Waals surface area contributed by atoms with Gasteiger partial charge in [0.15, 0.2) is 0 Å². The average Bonchev–Trinajstić information content (AvgIpc) is 2.38. The molecule has 0 spiro atoms. The van der Waals surface area contributed by atoms with Crippen LogP contribution in [0.5, 0.6) is 0 Å². The molecule has 1 heterocycles. The third-order valence-corrected chi connectivity index (χ3v) is 3.99. The fourth-order valence-electron chi connectivity index (χ4n) is 2.40. The van der Waals surface area contributed by atoms with Crippen molar-refractivity contribution in [2.45, 2.75) is 12.5 Å². The second kappa shape index (κ2) is 8.00. The molecule has 1 atom stereocenters. The van der Waals surface area contributed by atoms with Gasteiger partial charge in [0.1, 0.15) is 5.82 Å². The molecular weight excluding hydrogens is 331 g/mol. The summed E-state index contributed by atoms with van der Waals surface area (Å²) in [5, 5.41) is 3.35.